The fraction of sp³-hybridized carbons (Fsp3) is 0.824. The number of amides is 1. The van der Waals surface area contributed by atoms with Gasteiger partial charge in [-0.25, -0.2) is 0 Å². The topological polar surface area (TPSA) is 113 Å². The van der Waals surface area contributed by atoms with E-state index in [1.165, 1.54) is 0 Å². The minimum atomic E-state index is -1.22. The second kappa shape index (κ2) is 9.48. The van der Waals surface area contributed by atoms with Crippen molar-refractivity contribution >= 4 is 5.91 Å². The molecule has 138 valence electrons. The Kier molecular flexibility index (Phi) is 7.64. The molecule has 1 fully saturated rings. The predicted octanol–water partition coefficient (Wildman–Crippen LogP) is -1.00. The van der Waals surface area contributed by atoms with Crippen LogP contribution in [0.25, 0.3) is 0 Å². The number of aliphatic hydroxyl groups excluding tert-OH is 4. The number of rotatable bonds is 8. The number of piperidine rings is 1. The highest BCUT2D eigenvalue weighted by Gasteiger charge is 2.40. The smallest absolute Gasteiger partial charge is 0.220 e. The van der Waals surface area contributed by atoms with Gasteiger partial charge in [0.1, 0.15) is 12.2 Å². The number of carbonyl (C=O) groups is 1. The van der Waals surface area contributed by atoms with Gasteiger partial charge in [0.2, 0.25) is 5.91 Å². The first kappa shape index (κ1) is 19.3. The Balaban J connectivity index is 1.62. The number of carbonyl (C=O) groups excluding carboxylic acids is 1. The second-order valence-electron chi connectivity index (χ2n) is 6.82. The van der Waals surface area contributed by atoms with Gasteiger partial charge in [-0.3, -0.25) is 9.69 Å². The number of allylic oxidation sites excluding steroid dienone is 2. The van der Waals surface area contributed by atoms with E-state index in [9.17, 15) is 25.2 Å². The third-order valence-corrected chi connectivity index (χ3v) is 4.97. The molecule has 0 spiro atoms. The lowest BCUT2D eigenvalue weighted by Crippen LogP contribution is -2.62. The molecule has 1 saturated heterocycles. The molecule has 1 amide bonds. The van der Waals surface area contributed by atoms with Crippen molar-refractivity contribution in [2.45, 2.75) is 56.5 Å². The van der Waals surface area contributed by atoms with Crippen LogP contribution in [0.15, 0.2) is 12.2 Å². The van der Waals surface area contributed by atoms with Crippen molar-refractivity contribution in [3.63, 3.8) is 0 Å². The summed E-state index contributed by atoms with van der Waals surface area (Å²) in [7, 11) is 0. The lowest BCUT2D eigenvalue weighted by molar-refractivity contribution is -0.145. The van der Waals surface area contributed by atoms with Crippen molar-refractivity contribution in [1.29, 1.82) is 0 Å². The molecule has 0 saturated carbocycles. The molecule has 1 unspecified atom stereocenters. The number of unbranched alkanes of at least 4 members (excludes halogenated alkanes) is 1. The summed E-state index contributed by atoms with van der Waals surface area (Å²) in [5.41, 5.74) is 0. The molecule has 5 atom stereocenters. The van der Waals surface area contributed by atoms with Crippen LogP contribution in [-0.2, 0) is 4.79 Å². The summed E-state index contributed by atoms with van der Waals surface area (Å²) in [5.74, 6) is 0.449. The van der Waals surface area contributed by atoms with Crippen molar-refractivity contribution in [2.24, 2.45) is 5.92 Å². The molecule has 0 bridgehead atoms. The number of hydrogen-bond donors (Lipinski definition) is 5. The van der Waals surface area contributed by atoms with Crippen LogP contribution in [0.5, 0.6) is 0 Å². The maximum absolute atomic E-state index is 11.8. The lowest BCUT2D eigenvalue weighted by atomic mass is 9.94. The van der Waals surface area contributed by atoms with Gasteiger partial charge in [0, 0.05) is 19.5 Å². The van der Waals surface area contributed by atoms with E-state index in [-0.39, 0.29) is 19.1 Å². The number of likely N-dealkylation sites (tertiary alicyclic amines) is 1. The van der Waals surface area contributed by atoms with Crippen LogP contribution in [0.4, 0.5) is 0 Å². The van der Waals surface area contributed by atoms with Gasteiger partial charge in [-0.05, 0) is 38.1 Å². The fourth-order valence-corrected chi connectivity index (χ4v) is 3.48. The van der Waals surface area contributed by atoms with Crippen molar-refractivity contribution in [3.05, 3.63) is 12.2 Å². The average Bonchev–Trinajstić information content (AvgIpc) is 3.05. The third kappa shape index (κ3) is 5.26. The summed E-state index contributed by atoms with van der Waals surface area (Å²) in [6.45, 7) is 1.15. The number of aliphatic hydroxyl groups is 4. The summed E-state index contributed by atoms with van der Waals surface area (Å²) in [6, 6.07) is -0.563. The van der Waals surface area contributed by atoms with Crippen molar-refractivity contribution in [2.75, 3.05) is 26.2 Å². The minimum absolute atomic E-state index is 0.0757. The lowest BCUT2D eigenvalue weighted by Gasteiger charge is -2.43. The monoisotopic (exact) mass is 342 g/mol. The first-order chi connectivity index (χ1) is 11.5. The van der Waals surface area contributed by atoms with Gasteiger partial charge in [0.15, 0.2) is 0 Å². The van der Waals surface area contributed by atoms with Crippen LogP contribution in [-0.4, -0.2) is 81.8 Å². The van der Waals surface area contributed by atoms with E-state index in [1.807, 2.05) is 0 Å². The molecule has 7 heteroatoms. The van der Waals surface area contributed by atoms with Crippen LogP contribution in [0, 0.1) is 5.92 Å². The zero-order valence-corrected chi connectivity index (χ0v) is 14.0. The summed E-state index contributed by atoms with van der Waals surface area (Å²) in [4.78, 5) is 13.6. The zero-order valence-electron chi connectivity index (χ0n) is 14.0. The summed E-state index contributed by atoms with van der Waals surface area (Å²) < 4.78 is 0. The molecule has 1 aliphatic carbocycles. The number of nitrogens with one attached hydrogen (secondary N) is 1. The minimum Gasteiger partial charge on any atom is -0.395 e. The van der Waals surface area contributed by atoms with Crippen LogP contribution < -0.4 is 5.32 Å². The van der Waals surface area contributed by atoms with Gasteiger partial charge in [-0.15, -0.1) is 0 Å². The molecule has 5 N–H and O–H groups in total. The number of nitrogens with zero attached hydrogens (tertiary/aromatic N) is 1. The first-order valence-corrected chi connectivity index (χ1v) is 8.85. The highest BCUT2D eigenvalue weighted by molar-refractivity contribution is 5.76. The molecule has 7 nitrogen and oxygen atoms in total. The summed E-state index contributed by atoms with van der Waals surface area (Å²) >= 11 is 0. The predicted molar refractivity (Wildman–Crippen MR) is 89.2 cm³/mol. The third-order valence-electron chi connectivity index (χ3n) is 4.97. The van der Waals surface area contributed by atoms with Crippen LogP contribution >= 0.6 is 0 Å². The van der Waals surface area contributed by atoms with Gasteiger partial charge in [-0.1, -0.05) is 12.2 Å². The maximum atomic E-state index is 11.8. The largest absolute Gasteiger partial charge is 0.395 e. The Morgan fingerprint density at radius 3 is 2.67 bits per heavy atom. The molecule has 2 aliphatic rings. The normalized spacial score (nSPS) is 33.8. The highest BCUT2D eigenvalue weighted by Crippen LogP contribution is 2.20. The van der Waals surface area contributed by atoms with Crippen molar-refractivity contribution in [3.8, 4) is 0 Å². The molecule has 1 aliphatic heterocycles. The maximum Gasteiger partial charge on any atom is 0.220 e. The molecular weight excluding hydrogens is 312 g/mol. The van der Waals surface area contributed by atoms with Gasteiger partial charge in [0.25, 0.3) is 0 Å². The van der Waals surface area contributed by atoms with Crippen LogP contribution in [0.1, 0.15) is 32.1 Å². The quantitative estimate of drug-likeness (QED) is 0.286. The van der Waals surface area contributed by atoms with E-state index in [1.54, 1.807) is 4.90 Å². The van der Waals surface area contributed by atoms with Crippen molar-refractivity contribution < 1.29 is 25.2 Å². The molecule has 0 aromatic heterocycles. The van der Waals surface area contributed by atoms with E-state index < -0.39 is 24.4 Å². The van der Waals surface area contributed by atoms with E-state index >= 15 is 0 Å². The Morgan fingerprint density at radius 1 is 1.21 bits per heavy atom. The Morgan fingerprint density at radius 2 is 2.00 bits per heavy atom. The van der Waals surface area contributed by atoms with E-state index in [2.05, 4.69) is 17.5 Å². The van der Waals surface area contributed by atoms with E-state index in [0.717, 1.165) is 25.7 Å². The van der Waals surface area contributed by atoms with Crippen molar-refractivity contribution in [1.82, 2.24) is 10.2 Å². The Hall–Kier alpha value is -0.990. The number of hydrogen-bond acceptors (Lipinski definition) is 6. The van der Waals surface area contributed by atoms with Gasteiger partial charge in [-0.2, -0.15) is 0 Å². The molecule has 24 heavy (non-hydrogen) atoms. The van der Waals surface area contributed by atoms with Gasteiger partial charge in [0.05, 0.1) is 18.8 Å². The highest BCUT2D eigenvalue weighted by atomic mass is 16.4. The van der Waals surface area contributed by atoms with Crippen LogP contribution in [0.2, 0.25) is 0 Å². The molecule has 0 aromatic carbocycles. The van der Waals surface area contributed by atoms with E-state index in [0.29, 0.717) is 25.4 Å². The Bertz CT molecular complexity index is 431. The zero-order chi connectivity index (χ0) is 17.5. The summed E-state index contributed by atoms with van der Waals surface area (Å²) in [5, 5.41) is 41.6. The number of β-amino-alcohol motifs (C(OH)–C–C–N with tert-alkyl or cyclic N) is 1. The molecule has 0 radical (unpaired) electrons. The Labute approximate surface area is 143 Å². The average molecular weight is 342 g/mol. The standard InChI is InChI=1S/C17H30N2O5/c20-11-13-16(23)17(24)14(21)10-19(13)8-4-3-7-18-15(22)9-12-5-1-2-6-12/h1,5,12-14,16-17,20-21,23-24H,2-4,6-11H2,(H,18,22)/t12?,13-,14+,16-,17-/m1/s1. The first-order valence-electron chi connectivity index (χ1n) is 8.85. The molecule has 1 heterocycles. The van der Waals surface area contributed by atoms with Crippen LogP contribution in [0.3, 0.4) is 0 Å². The van der Waals surface area contributed by atoms with Gasteiger partial charge < -0.3 is 25.7 Å². The van der Waals surface area contributed by atoms with Gasteiger partial charge >= 0.3 is 0 Å². The molecule has 0 aromatic rings. The second-order valence-corrected chi connectivity index (χ2v) is 6.82. The SMILES string of the molecule is O=C(CC1C=CCC1)NCCCCN1C[C@H](O)[C@@H](O)[C@H](O)[C@H]1CO. The molecular formula is C17H30N2O5. The molecule has 2 rings (SSSR count). The fourth-order valence-electron chi connectivity index (χ4n) is 3.48. The summed E-state index contributed by atoms with van der Waals surface area (Å²) in [6.07, 6.45) is 5.07. The van der Waals surface area contributed by atoms with E-state index in [4.69, 9.17) is 0 Å².